The van der Waals surface area contributed by atoms with E-state index in [-0.39, 0.29) is 53.8 Å². The summed E-state index contributed by atoms with van der Waals surface area (Å²) in [5.74, 6) is -2.93. The molecule has 2 aromatic rings. The largest absolute Gasteiger partial charge is 0.488 e. The van der Waals surface area contributed by atoms with Crippen molar-refractivity contribution in [2.75, 3.05) is 29.4 Å². The van der Waals surface area contributed by atoms with Crippen LogP contribution in [-0.4, -0.2) is 63.4 Å². The van der Waals surface area contributed by atoms with Crippen LogP contribution in [0, 0.1) is 5.41 Å². The Morgan fingerprint density at radius 3 is 2.58 bits per heavy atom. The number of nitrogens with two attached hydrogens (primary N) is 2. The maximum Gasteiger partial charge on any atom is 0.255 e. The molecule has 1 heterocycles. The summed E-state index contributed by atoms with van der Waals surface area (Å²) >= 11 is 0. The molecular weight excluding hydrogens is 544 g/mol. The molecule has 0 saturated heterocycles. The third-order valence-corrected chi connectivity index (χ3v) is 6.22. The maximum absolute atomic E-state index is 13.4. The minimum Gasteiger partial charge on any atom is -0.488 e. The van der Waals surface area contributed by atoms with Crippen molar-refractivity contribution >= 4 is 51.0 Å². The zero-order valence-corrected chi connectivity index (χ0v) is 22.3. The molecule has 4 amide bonds. The summed E-state index contributed by atoms with van der Waals surface area (Å²) in [6, 6.07) is 7.27. The van der Waals surface area contributed by atoms with E-state index in [9.17, 15) is 27.6 Å². The van der Waals surface area contributed by atoms with Crippen LogP contribution in [0.5, 0.6) is 5.75 Å². The molecular formula is C24H30N8O7S. The molecule has 1 unspecified atom stereocenters. The number of benzene rings is 2. The smallest absolute Gasteiger partial charge is 0.255 e. The molecule has 2 aromatic carbocycles. The number of hydrogen-bond acceptors (Lipinski definition) is 8. The van der Waals surface area contributed by atoms with Crippen LogP contribution in [0.1, 0.15) is 39.1 Å². The third kappa shape index (κ3) is 8.59. The summed E-state index contributed by atoms with van der Waals surface area (Å²) in [6.45, 7) is -0.353. The van der Waals surface area contributed by atoms with Gasteiger partial charge >= 0.3 is 0 Å². The van der Waals surface area contributed by atoms with Gasteiger partial charge in [-0.05, 0) is 43.2 Å². The van der Waals surface area contributed by atoms with Gasteiger partial charge in [0.2, 0.25) is 27.7 Å². The molecule has 1 aliphatic rings. The Kier molecular flexibility index (Phi) is 9.50. The Bertz CT molecular complexity index is 1440. The topological polar surface area (TPSA) is 248 Å². The first-order valence-corrected chi connectivity index (χ1v) is 13.8. The molecule has 40 heavy (non-hydrogen) atoms. The van der Waals surface area contributed by atoms with Crippen LogP contribution in [0.2, 0.25) is 0 Å². The van der Waals surface area contributed by atoms with Gasteiger partial charge in [0.25, 0.3) is 5.91 Å². The number of hydrogen-bond donors (Lipinski definition) is 8. The first-order valence-electron chi connectivity index (χ1n) is 12.0. The summed E-state index contributed by atoms with van der Waals surface area (Å²) in [4.78, 5) is 50.7. The van der Waals surface area contributed by atoms with Gasteiger partial charge in [-0.15, -0.1) is 0 Å². The average molecular weight is 575 g/mol. The van der Waals surface area contributed by atoms with Crippen LogP contribution in [0.4, 0.5) is 11.4 Å². The number of fused-ring (bicyclic) bond motifs is 2. The second kappa shape index (κ2) is 12.8. The molecule has 3 rings (SSSR count). The van der Waals surface area contributed by atoms with Gasteiger partial charge in [-0.25, -0.2) is 8.42 Å². The van der Waals surface area contributed by atoms with Gasteiger partial charge in [0.05, 0.1) is 18.4 Å². The fourth-order valence-corrected chi connectivity index (χ4v) is 4.31. The molecule has 1 atom stereocenters. The van der Waals surface area contributed by atoms with Crippen LogP contribution in [0.15, 0.2) is 36.4 Å². The Morgan fingerprint density at radius 1 is 1.15 bits per heavy atom. The van der Waals surface area contributed by atoms with E-state index in [1.165, 1.54) is 36.4 Å². The van der Waals surface area contributed by atoms with Crippen molar-refractivity contribution in [2.45, 2.75) is 25.5 Å². The van der Waals surface area contributed by atoms with Crippen molar-refractivity contribution in [3.05, 3.63) is 53.1 Å². The SMILES string of the molecule is CS(=O)(=O)Nc1ccc2c(c1)C(=O)NC(CCCNC(=N)N)C(=O)NCC(=O)Nc1cc(C(N)=O)ccc1CO2. The van der Waals surface area contributed by atoms with E-state index < -0.39 is 46.2 Å². The third-order valence-electron chi connectivity index (χ3n) is 5.61. The minimum absolute atomic E-state index is 0.0577. The van der Waals surface area contributed by atoms with E-state index in [1.54, 1.807) is 0 Å². The number of nitrogens with one attached hydrogen (secondary N) is 6. The molecule has 0 aliphatic carbocycles. The van der Waals surface area contributed by atoms with Crippen LogP contribution >= 0.6 is 0 Å². The number of primary amides is 1. The van der Waals surface area contributed by atoms with Crippen molar-refractivity contribution in [3.63, 3.8) is 0 Å². The zero-order valence-electron chi connectivity index (χ0n) is 21.5. The van der Waals surface area contributed by atoms with E-state index in [4.69, 9.17) is 21.6 Å². The van der Waals surface area contributed by atoms with Gasteiger partial charge in [-0.3, -0.25) is 29.3 Å². The lowest BCUT2D eigenvalue weighted by Crippen LogP contribution is -2.48. The van der Waals surface area contributed by atoms with Gasteiger partial charge in [-0.1, -0.05) is 6.07 Å². The lowest BCUT2D eigenvalue weighted by molar-refractivity contribution is -0.125. The van der Waals surface area contributed by atoms with Crippen molar-refractivity contribution < 1.29 is 32.3 Å². The Balaban J connectivity index is 2.01. The van der Waals surface area contributed by atoms with Gasteiger partial charge < -0.3 is 37.5 Å². The molecule has 15 nitrogen and oxygen atoms in total. The first-order chi connectivity index (χ1) is 18.8. The molecule has 0 aromatic heterocycles. The van der Waals surface area contributed by atoms with Gasteiger partial charge in [0, 0.05) is 29.0 Å². The fourth-order valence-electron chi connectivity index (χ4n) is 3.76. The highest BCUT2D eigenvalue weighted by atomic mass is 32.2. The molecule has 10 N–H and O–H groups in total. The van der Waals surface area contributed by atoms with Gasteiger partial charge in [0.15, 0.2) is 5.96 Å². The lowest BCUT2D eigenvalue weighted by Gasteiger charge is -2.21. The van der Waals surface area contributed by atoms with E-state index in [1.807, 2.05) is 0 Å². The molecule has 16 heteroatoms. The van der Waals surface area contributed by atoms with Crippen LogP contribution in [0.25, 0.3) is 0 Å². The van der Waals surface area contributed by atoms with E-state index in [2.05, 4.69) is 26.0 Å². The normalized spacial score (nSPS) is 16.0. The summed E-state index contributed by atoms with van der Waals surface area (Å²) < 4.78 is 31.7. The standard InChI is InChI=1S/C24H30N8O7S/c1-40(37,38)32-15-6-7-19-16(10-15)22(35)31-17(3-2-8-28-24(26)27)23(36)29-11-20(33)30-18-9-13(21(25)34)4-5-14(18)12-39-19/h4-7,9-10,17,32H,2-3,8,11-12H2,1H3,(H2,25,34)(H,29,36)(H,30,33)(H,31,35)(H4,26,27,28). The van der Waals surface area contributed by atoms with E-state index in [0.717, 1.165) is 6.26 Å². The predicted octanol–water partition coefficient (Wildman–Crippen LogP) is -0.834. The second-order valence-electron chi connectivity index (χ2n) is 8.88. The first kappa shape index (κ1) is 29.7. The highest BCUT2D eigenvalue weighted by molar-refractivity contribution is 7.92. The number of carbonyl (C=O) groups is 4. The Labute approximate surface area is 229 Å². The van der Waals surface area contributed by atoms with Gasteiger partial charge in [0.1, 0.15) is 18.4 Å². The number of amides is 4. The number of sulfonamides is 1. The summed E-state index contributed by atoms with van der Waals surface area (Å²) in [6.07, 6.45) is 1.39. The van der Waals surface area contributed by atoms with Crippen molar-refractivity contribution in [2.24, 2.45) is 11.5 Å². The molecule has 1 aliphatic heterocycles. The number of ether oxygens (including phenoxy) is 1. The molecule has 0 spiro atoms. The van der Waals surface area contributed by atoms with Crippen molar-refractivity contribution in [3.8, 4) is 5.75 Å². The maximum atomic E-state index is 13.4. The molecule has 0 radical (unpaired) electrons. The van der Waals surface area contributed by atoms with E-state index in [0.29, 0.717) is 12.0 Å². The van der Waals surface area contributed by atoms with E-state index >= 15 is 0 Å². The number of rotatable bonds is 7. The monoisotopic (exact) mass is 574 g/mol. The molecule has 0 saturated carbocycles. The lowest BCUT2D eigenvalue weighted by atomic mass is 10.1. The minimum atomic E-state index is -3.67. The van der Waals surface area contributed by atoms with Crippen LogP contribution in [0.3, 0.4) is 0 Å². The van der Waals surface area contributed by atoms with Gasteiger partial charge in [-0.2, -0.15) is 0 Å². The fraction of sp³-hybridized carbons (Fsp3) is 0.292. The van der Waals surface area contributed by atoms with Crippen molar-refractivity contribution in [1.29, 1.82) is 5.41 Å². The quantitative estimate of drug-likeness (QED) is 0.117. The van der Waals surface area contributed by atoms with Crippen LogP contribution < -0.4 is 42.2 Å². The molecule has 0 fully saturated rings. The van der Waals surface area contributed by atoms with Crippen molar-refractivity contribution in [1.82, 2.24) is 16.0 Å². The molecule has 214 valence electrons. The molecule has 0 bridgehead atoms. The number of anilines is 2. The number of guanidine groups is 1. The Hall–Kier alpha value is -4.86. The summed E-state index contributed by atoms with van der Waals surface area (Å²) in [5.41, 5.74) is 11.4. The summed E-state index contributed by atoms with van der Waals surface area (Å²) in [5, 5.41) is 17.6. The summed E-state index contributed by atoms with van der Waals surface area (Å²) in [7, 11) is -3.67. The Morgan fingerprint density at radius 2 is 1.90 bits per heavy atom. The second-order valence-corrected chi connectivity index (χ2v) is 10.6. The average Bonchev–Trinajstić information content (AvgIpc) is 2.87. The zero-order chi connectivity index (χ0) is 29.4. The highest BCUT2D eigenvalue weighted by Gasteiger charge is 2.25. The highest BCUT2D eigenvalue weighted by Crippen LogP contribution is 2.27. The predicted molar refractivity (Wildman–Crippen MR) is 146 cm³/mol. The van der Waals surface area contributed by atoms with Crippen LogP contribution in [-0.2, 0) is 26.2 Å². The number of carbonyl (C=O) groups excluding carboxylic acids is 4.